The van der Waals surface area contributed by atoms with Crippen LogP contribution in [-0.4, -0.2) is 33.0 Å². The number of benzene rings is 2. The van der Waals surface area contributed by atoms with Crippen molar-refractivity contribution in [1.29, 1.82) is 0 Å². The zero-order chi connectivity index (χ0) is 33.0. The molecular weight excluding hydrogens is 596 g/mol. The quantitative estimate of drug-likeness (QED) is 0.0745. The van der Waals surface area contributed by atoms with Crippen molar-refractivity contribution in [1.82, 2.24) is 19.9 Å². The van der Waals surface area contributed by atoms with E-state index < -0.39 is 0 Å². The SMILES string of the molecule is O=C(OCCc1ccccn1)c1ccc(CNC(=O)C(CCCCn2cc(-c3ccccc3)c3cccnc32)C2CCCCCC2)cc1. The van der Waals surface area contributed by atoms with E-state index in [1.54, 1.807) is 18.3 Å². The molecule has 1 atom stereocenters. The summed E-state index contributed by atoms with van der Waals surface area (Å²) in [6.45, 7) is 1.60. The number of nitrogens with zero attached hydrogens (tertiary/aromatic N) is 3. The van der Waals surface area contributed by atoms with Gasteiger partial charge in [-0.05, 0) is 79.1 Å². The molecule has 3 heterocycles. The monoisotopic (exact) mass is 642 g/mol. The standard InChI is InChI=1S/C41H46N4O3/c46-40(44-29-31-20-22-34(23-21-31)41(47)48-28-24-35-17-8-10-25-42-35)36(32-13-4-1-2-5-14-32)18-9-11-27-45-30-38(33-15-6-3-7-16-33)37-19-12-26-43-39(37)45/h3,6-8,10,12,15-17,19-23,25-26,30,32,36H,1-2,4-5,9,11,13-14,18,24,27-29H2,(H,44,46). The van der Waals surface area contributed by atoms with Gasteiger partial charge in [0.15, 0.2) is 0 Å². The van der Waals surface area contributed by atoms with Gasteiger partial charge in [-0.1, -0.05) is 80.6 Å². The highest BCUT2D eigenvalue weighted by atomic mass is 16.5. The van der Waals surface area contributed by atoms with E-state index in [-0.39, 0.29) is 24.4 Å². The van der Waals surface area contributed by atoms with Crippen LogP contribution >= 0.6 is 0 Å². The zero-order valence-corrected chi connectivity index (χ0v) is 27.7. The second-order valence-corrected chi connectivity index (χ2v) is 13.0. The van der Waals surface area contributed by atoms with Crippen LogP contribution in [0, 0.1) is 11.8 Å². The lowest BCUT2D eigenvalue weighted by Crippen LogP contribution is -2.35. The molecule has 0 radical (unpaired) electrons. The number of carbonyl (C=O) groups is 2. The van der Waals surface area contributed by atoms with Crippen molar-refractivity contribution < 1.29 is 14.3 Å². The van der Waals surface area contributed by atoms with Crippen LogP contribution in [0.2, 0.25) is 0 Å². The van der Waals surface area contributed by atoms with Crippen molar-refractivity contribution >= 4 is 22.9 Å². The zero-order valence-electron chi connectivity index (χ0n) is 27.7. The Morgan fingerprint density at radius 2 is 1.60 bits per heavy atom. The smallest absolute Gasteiger partial charge is 0.338 e. The third kappa shape index (κ3) is 8.77. The Morgan fingerprint density at radius 1 is 0.833 bits per heavy atom. The third-order valence-electron chi connectivity index (χ3n) is 9.66. The van der Waals surface area contributed by atoms with Gasteiger partial charge in [0.2, 0.25) is 5.91 Å². The molecule has 0 saturated heterocycles. The molecule has 1 aliphatic carbocycles. The van der Waals surface area contributed by atoms with Crippen LogP contribution < -0.4 is 5.32 Å². The highest BCUT2D eigenvalue weighted by Gasteiger charge is 2.28. The maximum Gasteiger partial charge on any atom is 0.338 e. The highest BCUT2D eigenvalue weighted by molar-refractivity contribution is 5.94. The van der Waals surface area contributed by atoms with Gasteiger partial charge in [0.1, 0.15) is 5.65 Å². The van der Waals surface area contributed by atoms with E-state index in [2.05, 4.69) is 51.4 Å². The first-order chi connectivity index (χ1) is 23.7. The molecule has 7 nitrogen and oxygen atoms in total. The van der Waals surface area contributed by atoms with Crippen molar-refractivity contribution in [3.63, 3.8) is 0 Å². The minimum absolute atomic E-state index is 0.0101. The van der Waals surface area contributed by atoms with Crippen LogP contribution in [0.1, 0.15) is 79.4 Å². The van der Waals surface area contributed by atoms with E-state index >= 15 is 0 Å². The predicted octanol–water partition coefficient (Wildman–Crippen LogP) is 8.57. The molecule has 0 bridgehead atoms. The summed E-state index contributed by atoms with van der Waals surface area (Å²) in [6.07, 6.45) is 16.5. The Morgan fingerprint density at radius 3 is 2.38 bits per heavy atom. The number of aromatic nitrogens is 3. The van der Waals surface area contributed by atoms with Gasteiger partial charge in [-0.25, -0.2) is 9.78 Å². The van der Waals surface area contributed by atoms with E-state index in [4.69, 9.17) is 9.72 Å². The third-order valence-corrected chi connectivity index (χ3v) is 9.66. The van der Waals surface area contributed by atoms with Gasteiger partial charge in [0.25, 0.3) is 0 Å². The van der Waals surface area contributed by atoms with Crippen LogP contribution in [0.5, 0.6) is 0 Å². The number of hydrogen-bond acceptors (Lipinski definition) is 5. The topological polar surface area (TPSA) is 86.1 Å². The molecule has 6 rings (SSSR count). The number of aryl methyl sites for hydroxylation is 1. The summed E-state index contributed by atoms with van der Waals surface area (Å²) in [7, 11) is 0. The van der Waals surface area contributed by atoms with E-state index in [0.717, 1.165) is 55.6 Å². The minimum Gasteiger partial charge on any atom is -0.462 e. The lowest BCUT2D eigenvalue weighted by Gasteiger charge is -2.25. The van der Waals surface area contributed by atoms with Crippen molar-refractivity contribution in [3.05, 3.63) is 120 Å². The summed E-state index contributed by atoms with van der Waals surface area (Å²) in [6, 6.07) is 27.7. The van der Waals surface area contributed by atoms with E-state index in [9.17, 15) is 9.59 Å². The number of unbranched alkanes of at least 4 members (excludes halogenated alkanes) is 1. The Balaban J connectivity index is 1.03. The predicted molar refractivity (Wildman–Crippen MR) is 190 cm³/mol. The Labute approximate surface area is 283 Å². The molecule has 248 valence electrons. The second kappa shape index (κ2) is 16.9. The number of pyridine rings is 2. The number of fused-ring (bicyclic) bond motifs is 1. The largest absolute Gasteiger partial charge is 0.462 e. The van der Waals surface area contributed by atoms with Crippen molar-refractivity contribution in [2.45, 2.75) is 77.3 Å². The lowest BCUT2D eigenvalue weighted by molar-refractivity contribution is -0.127. The summed E-state index contributed by atoms with van der Waals surface area (Å²) < 4.78 is 7.72. The van der Waals surface area contributed by atoms with Crippen LogP contribution in [0.4, 0.5) is 0 Å². The fourth-order valence-electron chi connectivity index (χ4n) is 7.04. The highest BCUT2D eigenvalue weighted by Crippen LogP contribution is 2.33. The first-order valence-electron chi connectivity index (χ1n) is 17.6. The molecular formula is C41H46N4O3. The molecule has 1 saturated carbocycles. The molecule has 3 aromatic heterocycles. The number of ether oxygens (including phenoxy) is 1. The van der Waals surface area contributed by atoms with Gasteiger partial charge in [-0.3, -0.25) is 9.78 Å². The Kier molecular flexibility index (Phi) is 11.6. The average Bonchev–Trinajstić information content (AvgIpc) is 3.29. The van der Waals surface area contributed by atoms with E-state index in [1.807, 2.05) is 48.7 Å². The molecule has 1 unspecified atom stereocenters. The average molecular weight is 643 g/mol. The summed E-state index contributed by atoms with van der Waals surface area (Å²) in [5.74, 6) is 0.236. The van der Waals surface area contributed by atoms with Crippen LogP contribution in [0.3, 0.4) is 0 Å². The molecule has 1 aliphatic rings. The normalized spacial score (nSPS) is 14.3. The molecule has 2 aromatic carbocycles. The summed E-state index contributed by atoms with van der Waals surface area (Å²) in [5, 5.41) is 4.42. The van der Waals surface area contributed by atoms with Crippen LogP contribution in [0.15, 0.2) is 104 Å². The van der Waals surface area contributed by atoms with Gasteiger partial charge in [0, 0.05) is 60.7 Å². The fourth-order valence-corrected chi connectivity index (χ4v) is 7.04. The number of amides is 1. The van der Waals surface area contributed by atoms with Gasteiger partial charge in [-0.2, -0.15) is 0 Å². The number of nitrogens with one attached hydrogen (secondary N) is 1. The van der Waals surface area contributed by atoms with Gasteiger partial charge in [-0.15, -0.1) is 0 Å². The summed E-state index contributed by atoms with van der Waals surface area (Å²) in [4.78, 5) is 35.2. The summed E-state index contributed by atoms with van der Waals surface area (Å²) in [5.41, 5.74) is 5.78. The Bertz CT molecular complexity index is 1740. The first-order valence-corrected chi connectivity index (χ1v) is 17.6. The molecule has 1 N–H and O–H groups in total. The van der Waals surface area contributed by atoms with E-state index in [0.29, 0.717) is 24.4 Å². The van der Waals surface area contributed by atoms with Crippen LogP contribution in [0.25, 0.3) is 22.2 Å². The maximum atomic E-state index is 13.7. The Hall–Kier alpha value is -4.78. The number of hydrogen-bond donors (Lipinski definition) is 1. The molecule has 1 fully saturated rings. The van der Waals surface area contributed by atoms with Gasteiger partial charge < -0.3 is 14.6 Å². The summed E-state index contributed by atoms with van der Waals surface area (Å²) >= 11 is 0. The van der Waals surface area contributed by atoms with Gasteiger partial charge in [0.05, 0.1) is 12.2 Å². The minimum atomic E-state index is -0.352. The van der Waals surface area contributed by atoms with Gasteiger partial charge >= 0.3 is 5.97 Å². The van der Waals surface area contributed by atoms with Crippen molar-refractivity contribution in [3.8, 4) is 11.1 Å². The second-order valence-electron chi connectivity index (χ2n) is 13.0. The molecule has 48 heavy (non-hydrogen) atoms. The molecule has 5 aromatic rings. The van der Waals surface area contributed by atoms with Crippen LogP contribution in [-0.2, 0) is 29.0 Å². The van der Waals surface area contributed by atoms with Crippen molar-refractivity contribution in [2.75, 3.05) is 6.61 Å². The number of carbonyl (C=O) groups excluding carboxylic acids is 2. The molecule has 7 heteroatoms. The fraction of sp³-hybridized carbons (Fsp3) is 0.366. The number of esters is 1. The maximum absolute atomic E-state index is 13.7. The lowest BCUT2D eigenvalue weighted by atomic mass is 9.82. The van der Waals surface area contributed by atoms with E-state index in [1.165, 1.54) is 42.2 Å². The first kappa shape index (κ1) is 33.1. The molecule has 0 spiro atoms. The van der Waals surface area contributed by atoms with Crippen molar-refractivity contribution in [2.24, 2.45) is 11.8 Å². The molecule has 1 amide bonds. The number of rotatable bonds is 14. The molecule has 0 aliphatic heterocycles.